The van der Waals surface area contributed by atoms with Crippen LogP contribution in [-0.2, 0) is 4.79 Å². The maximum absolute atomic E-state index is 12.5. The Morgan fingerprint density at radius 1 is 1.29 bits per heavy atom. The third-order valence-corrected chi connectivity index (χ3v) is 4.58. The van der Waals surface area contributed by atoms with Crippen LogP contribution in [0.25, 0.3) is 0 Å². The van der Waals surface area contributed by atoms with Gasteiger partial charge in [-0.3, -0.25) is 4.79 Å². The molecule has 0 aromatic heterocycles. The fourth-order valence-corrected chi connectivity index (χ4v) is 2.72. The Kier molecular flexibility index (Phi) is 5.42. The highest BCUT2D eigenvalue weighted by Gasteiger charge is 2.46. The van der Waals surface area contributed by atoms with E-state index in [-0.39, 0.29) is 30.0 Å². The van der Waals surface area contributed by atoms with Crippen molar-refractivity contribution in [3.05, 3.63) is 29.8 Å². The Bertz CT molecular complexity index is 585. The van der Waals surface area contributed by atoms with Gasteiger partial charge in [0.05, 0.1) is 5.60 Å². The number of halogens is 3. The summed E-state index contributed by atoms with van der Waals surface area (Å²) in [7, 11) is 0. The Labute approximate surface area is 139 Å². The molecule has 2 unspecified atom stereocenters. The molecule has 1 aromatic carbocycles. The monoisotopic (exact) mass is 345 g/mol. The largest absolute Gasteiger partial charge is 0.573 e. The standard InChI is InChI=1S/C17H22F3NO3/c1-3-16(23,4-2)10-21-15(22)13-9-12(13)11-7-5-6-8-14(11)24-17(18,19)20/h5-8,12-13,23H,3-4,9-10H2,1-2H3,(H,21,22). The highest BCUT2D eigenvalue weighted by atomic mass is 19.4. The van der Waals surface area contributed by atoms with E-state index in [4.69, 9.17) is 0 Å². The number of carbonyl (C=O) groups is 1. The SMILES string of the molecule is CCC(O)(CC)CNC(=O)C1CC1c1ccccc1OC(F)(F)F. The van der Waals surface area contributed by atoms with Gasteiger partial charge in [-0.1, -0.05) is 32.0 Å². The molecular formula is C17H22F3NO3. The molecule has 0 saturated heterocycles. The predicted molar refractivity (Wildman–Crippen MR) is 82.5 cm³/mol. The van der Waals surface area contributed by atoms with Crippen LogP contribution in [0.2, 0.25) is 0 Å². The molecule has 24 heavy (non-hydrogen) atoms. The van der Waals surface area contributed by atoms with Gasteiger partial charge in [-0.2, -0.15) is 0 Å². The van der Waals surface area contributed by atoms with E-state index < -0.39 is 12.0 Å². The number of nitrogens with one attached hydrogen (secondary N) is 1. The van der Waals surface area contributed by atoms with Crippen LogP contribution in [0.3, 0.4) is 0 Å². The zero-order valence-electron chi connectivity index (χ0n) is 13.7. The first kappa shape index (κ1) is 18.6. The van der Waals surface area contributed by atoms with Gasteiger partial charge in [0.15, 0.2) is 0 Å². The first-order chi connectivity index (χ1) is 11.2. The highest BCUT2D eigenvalue weighted by Crippen LogP contribution is 2.51. The minimum atomic E-state index is -4.76. The zero-order chi connectivity index (χ0) is 18.0. The lowest BCUT2D eigenvalue weighted by Crippen LogP contribution is -2.42. The van der Waals surface area contributed by atoms with E-state index in [2.05, 4.69) is 10.1 Å². The van der Waals surface area contributed by atoms with Crippen molar-refractivity contribution in [3.8, 4) is 5.75 Å². The second-order valence-corrected chi connectivity index (χ2v) is 6.18. The maximum atomic E-state index is 12.5. The molecule has 2 atom stereocenters. The molecule has 4 nitrogen and oxygen atoms in total. The second-order valence-electron chi connectivity index (χ2n) is 6.18. The second kappa shape index (κ2) is 7.01. The van der Waals surface area contributed by atoms with Gasteiger partial charge >= 0.3 is 6.36 Å². The molecule has 1 amide bonds. The zero-order valence-corrected chi connectivity index (χ0v) is 13.7. The van der Waals surface area contributed by atoms with Gasteiger partial charge in [0.1, 0.15) is 5.75 Å². The van der Waals surface area contributed by atoms with Gasteiger partial charge in [0.25, 0.3) is 0 Å². The van der Waals surface area contributed by atoms with Crippen molar-refractivity contribution in [1.29, 1.82) is 0 Å². The number of alkyl halides is 3. The average Bonchev–Trinajstić information content (AvgIpc) is 3.32. The lowest BCUT2D eigenvalue weighted by molar-refractivity contribution is -0.274. The summed E-state index contributed by atoms with van der Waals surface area (Å²) in [4.78, 5) is 12.2. The lowest BCUT2D eigenvalue weighted by atomic mass is 9.97. The van der Waals surface area contributed by atoms with Gasteiger partial charge in [-0.25, -0.2) is 0 Å². The normalized spacial score (nSPS) is 20.6. The number of rotatable bonds is 7. The number of benzene rings is 1. The van der Waals surface area contributed by atoms with E-state index in [0.717, 1.165) is 0 Å². The van der Waals surface area contributed by atoms with Crippen molar-refractivity contribution in [2.75, 3.05) is 6.54 Å². The van der Waals surface area contributed by atoms with Crippen molar-refractivity contribution in [2.24, 2.45) is 5.92 Å². The van der Waals surface area contributed by atoms with Crippen LogP contribution in [0.5, 0.6) is 5.75 Å². The molecule has 2 N–H and O–H groups in total. The molecule has 0 heterocycles. The Morgan fingerprint density at radius 2 is 1.92 bits per heavy atom. The summed E-state index contributed by atoms with van der Waals surface area (Å²) in [5, 5.41) is 12.9. The summed E-state index contributed by atoms with van der Waals surface area (Å²) in [5.74, 6) is -1.19. The van der Waals surface area contributed by atoms with Crippen LogP contribution in [0.4, 0.5) is 13.2 Å². The predicted octanol–water partition coefficient (Wildman–Crippen LogP) is 3.36. The third kappa shape index (κ3) is 4.63. The number of hydrogen-bond donors (Lipinski definition) is 2. The summed E-state index contributed by atoms with van der Waals surface area (Å²) in [6.07, 6.45) is -3.26. The van der Waals surface area contributed by atoms with Gasteiger partial charge in [-0.15, -0.1) is 13.2 Å². The molecule has 1 aliphatic rings. The smallest absolute Gasteiger partial charge is 0.405 e. The molecule has 1 saturated carbocycles. The van der Waals surface area contributed by atoms with Crippen molar-refractivity contribution in [2.45, 2.75) is 51.0 Å². The molecule has 134 valence electrons. The van der Waals surface area contributed by atoms with Crippen molar-refractivity contribution < 1.29 is 27.8 Å². The molecule has 1 fully saturated rings. The van der Waals surface area contributed by atoms with E-state index >= 15 is 0 Å². The minimum absolute atomic E-state index is 0.142. The van der Waals surface area contributed by atoms with E-state index in [1.807, 2.05) is 13.8 Å². The summed E-state index contributed by atoms with van der Waals surface area (Å²) in [6, 6.07) is 5.89. The molecule has 2 rings (SSSR count). The molecular weight excluding hydrogens is 323 g/mol. The molecule has 0 radical (unpaired) electrons. The first-order valence-corrected chi connectivity index (χ1v) is 8.04. The first-order valence-electron chi connectivity index (χ1n) is 8.04. The molecule has 1 aliphatic carbocycles. The number of ether oxygens (including phenoxy) is 1. The average molecular weight is 345 g/mol. The number of carbonyl (C=O) groups excluding carboxylic acids is 1. The van der Waals surface area contributed by atoms with Gasteiger partial charge < -0.3 is 15.2 Å². The van der Waals surface area contributed by atoms with Crippen LogP contribution in [0.15, 0.2) is 24.3 Å². The van der Waals surface area contributed by atoms with E-state index in [1.54, 1.807) is 12.1 Å². The third-order valence-electron chi connectivity index (χ3n) is 4.58. The van der Waals surface area contributed by atoms with Crippen molar-refractivity contribution in [1.82, 2.24) is 5.32 Å². The minimum Gasteiger partial charge on any atom is -0.405 e. The Hall–Kier alpha value is -1.76. The van der Waals surface area contributed by atoms with Crippen LogP contribution < -0.4 is 10.1 Å². The number of para-hydroxylation sites is 1. The lowest BCUT2D eigenvalue weighted by Gasteiger charge is -2.25. The molecule has 7 heteroatoms. The van der Waals surface area contributed by atoms with Crippen LogP contribution in [0.1, 0.15) is 44.6 Å². The molecule has 1 aromatic rings. The maximum Gasteiger partial charge on any atom is 0.573 e. The number of amides is 1. The fraction of sp³-hybridized carbons (Fsp3) is 0.588. The van der Waals surface area contributed by atoms with Crippen LogP contribution in [-0.4, -0.2) is 29.5 Å². The quantitative estimate of drug-likeness (QED) is 0.797. The van der Waals surface area contributed by atoms with Gasteiger partial charge in [0.2, 0.25) is 5.91 Å². The van der Waals surface area contributed by atoms with Crippen molar-refractivity contribution in [3.63, 3.8) is 0 Å². The number of aliphatic hydroxyl groups is 1. The summed E-state index contributed by atoms with van der Waals surface area (Å²) in [6.45, 7) is 3.81. The summed E-state index contributed by atoms with van der Waals surface area (Å²) >= 11 is 0. The fourth-order valence-electron chi connectivity index (χ4n) is 2.72. The van der Waals surface area contributed by atoms with E-state index in [0.29, 0.717) is 24.8 Å². The van der Waals surface area contributed by atoms with E-state index in [1.165, 1.54) is 12.1 Å². The highest BCUT2D eigenvalue weighted by molar-refractivity contribution is 5.83. The summed E-state index contributed by atoms with van der Waals surface area (Å²) in [5.41, 5.74) is -0.562. The molecule has 0 aliphatic heterocycles. The van der Waals surface area contributed by atoms with Crippen molar-refractivity contribution >= 4 is 5.91 Å². The topological polar surface area (TPSA) is 58.6 Å². The number of hydrogen-bond acceptors (Lipinski definition) is 3. The Morgan fingerprint density at radius 3 is 2.50 bits per heavy atom. The molecule has 0 spiro atoms. The van der Waals surface area contributed by atoms with E-state index in [9.17, 15) is 23.1 Å². The van der Waals surface area contributed by atoms with Gasteiger partial charge in [-0.05, 0) is 36.8 Å². The molecule has 0 bridgehead atoms. The Balaban J connectivity index is 1.99. The van der Waals surface area contributed by atoms with Crippen LogP contribution >= 0.6 is 0 Å². The van der Waals surface area contributed by atoms with Crippen LogP contribution in [0, 0.1) is 5.92 Å². The van der Waals surface area contributed by atoms with Gasteiger partial charge in [0, 0.05) is 12.5 Å². The summed E-state index contributed by atoms with van der Waals surface area (Å²) < 4.78 is 41.4.